The van der Waals surface area contributed by atoms with Crippen LogP contribution in [0.3, 0.4) is 0 Å². The van der Waals surface area contributed by atoms with E-state index in [4.69, 9.17) is 9.84 Å². The second-order valence-electron chi connectivity index (χ2n) is 14.0. The van der Waals surface area contributed by atoms with Crippen LogP contribution in [-0.4, -0.2) is 54.7 Å². The number of hydrogen-bond donors (Lipinski definition) is 3. The van der Waals surface area contributed by atoms with E-state index in [9.17, 15) is 14.0 Å². The van der Waals surface area contributed by atoms with Crippen LogP contribution in [0.2, 0.25) is 0 Å². The molecular formula is C40H40FN9O3. The van der Waals surface area contributed by atoms with Crippen molar-refractivity contribution in [1.29, 1.82) is 0 Å². The Kier molecular flexibility index (Phi) is 9.72. The second kappa shape index (κ2) is 14.7. The lowest BCUT2D eigenvalue weighted by atomic mass is 9.92. The molecule has 53 heavy (non-hydrogen) atoms. The van der Waals surface area contributed by atoms with Crippen LogP contribution in [0.25, 0.3) is 16.5 Å². The van der Waals surface area contributed by atoms with Crippen molar-refractivity contribution in [2.24, 2.45) is 0 Å². The van der Waals surface area contributed by atoms with Crippen molar-refractivity contribution in [2.45, 2.75) is 52.6 Å². The van der Waals surface area contributed by atoms with Crippen molar-refractivity contribution in [1.82, 2.24) is 29.6 Å². The standard InChI is InChI=1S/C40H40FN9O3/c1-25-11-12-27(20-30(25)41)50-37(21-34(48-50)40(2,3)4)47-39(52)45-31-13-14-33(29-10-6-5-9-28(29)31)53-24-26-15-16-42-35(19-26)46-36-23-43-32(22-44-36)38(51)49-17-7-8-18-49/h5-6,9-16,19-23H,7-8,17-18,24H2,1-4H3,(H,42,44,46)(H2,45,47,52). The number of aryl methyl sites for hydroxylation is 1. The smallest absolute Gasteiger partial charge is 0.324 e. The van der Waals surface area contributed by atoms with Crippen LogP contribution in [0.1, 0.15) is 60.9 Å². The number of aromatic nitrogens is 5. The molecule has 7 rings (SSSR count). The van der Waals surface area contributed by atoms with Crippen LogP contribution in [0.4, 0.5) is 32.3 Å². The zero-order chi connectivity index (χ0) is 37.1. The number of anilines is 4. The maximum atomic E-state index is 14.5. The highest BCUT2D eigenvalue weighted by Crippen LogP contribution is 2.33. The molecule has 3 amide bonds. The lowest BCUT2D eigenvalue weighted by molar-refractivity contribution is 0.0786. The molecule has 270 valence electrons. The van der Waals surface area contributed by atoms with Gasteiger partial charge in [0, 0.05) is 41.5 Å². The molecule has 0 aliphatic carbocycles. The number of amides is 3. The predicted molar refractivity (Wildman–Crippen MR) is 203 cm³/mol. The van der Waals surface area contributed by atoms with Gasteiger partial charge in [-0.2, -0.15) is 5.10 Å². The van der Waals surface area contributed by atoms with E-state index in [1.807, 2.05) is 63.2 Å². The molecule has 0 radical (unpaired) electrons. The van der Waals surface area contributed by atoms with Gasteiger partial charge in [0.05, 0.1) is 29.5 Å². The van der Waals surface area contributed by atoms with E-state index in [2.05, 4.69) is 30.9 Å². The average molecular weight is 714 g/mol. The fourth-order valence-electron chi connectivity index (χ4n) is 6.03. The summed E-state index contributed by atoms with van der Waals surface area (Å²) in [5, 5.41) is 15.3. The number of carbonyl (C=O) groups excluding carboxylic acids is 2. The zero-order valence-electron chi connectivity index (χ0n) is 30.0. The summed E-state index contributed by atoms with van der Waals surface area (Å²) in [6, 6.07) is 21.1. The Morgan fingerprint density at radius 1 is 0.868 bits per heavy atom. The van der Waals surface area contributed by atoms with Gasteiger partial charge in [-0.15, -0.1) is 0 Å². The predicted octanol–water partition coefficient (Wildman–Crippen LogP) is 8.16. The molecule has 0 saturated carbocycles. The molecule has 12 nitrogen and oxygen atoms in total. The van der Waals surface area contributed by atoms with Crippen LogP contribution in [0.5, 0.6) is 5.75 Å². The van der Waals surface area contributed by atoms with Crippen molar-refractivity contribution in [3.05, 3.63) is 120 Å². The summed E-state index contributed by atoms with van der Waals surface area (Å²) in [6.45, 7) is 9.52. The SMILES string of the molecule is Cc1ccc(-n2nc(C(C)(C)C)cc2NC(=O)Nc2ccc(OCc3ccnc(Nc4cnc(C(=O)N5CCCC5)cn4)c3)c3ccccc23)cc1F. The summed E-state index contributed by atoms with van der Waals surface area (Å²) < 4.78 is 22.3. The van der Waals surface area contributed by atoms with Crippen molar-refractivity contribution < 1.29 is 18.7 Å². The number of urea groups is 1. The van der Waals surface area contributed by atoms with Gasteiger partial charge in [0.15, 0.2) is 0 Å². The number of carbonyl (C=O) groups is 2. The van der Waals surface area contributed by atoms with E-state index >= 15 is 0 Å². The zero-order valence-corrected chi connectivity index (χ0v) is 30.0. The molecule has 4 heterocycles. The maximum absolute atomic E-state index is 14.5. The number of likely N-dealkylation sites (tertiary alicyclic amines) is 1. The fourth-order valence-corrected chi connectivity index (χ4v) is 6.03. The molecule has 0 atom stereocenters. The average Bonchev–Trinajstić information content (AvgIpc) is 3.84. The van der Waals surface area contributed by atoms with Crippen LogP contribution in [-0.2, 0) is 12.0 Å². The topological polar surface area (TPSA) is 139 Å². The first-order chi connectivity index (χ1) is 25.5. The van der Waals surface area contributed by atoms with Gasteiger partial charge in [0.1, 0.15) is 41.3 Å². The largest absolute Gasteiger partial charge is 0.488 e. The normalized spacial score (nSPS) is 12.9. The Morgan fingerprint density at radius 2 is 1.66 bits per heavy atom. The van der Waals surface area contributed by atoms with Crippen LogP contribution >= 0.6 is 0 Å². The summed E-state index contributed by atoms with van der Waals surface area (Å²) in [6.07, 6.45) is 6.70. The number of nitrogens with zero attached hydrogens (tertiary/aromatic N) is 6. The first kappa shape index (κ1) is 35.1. The van der Waals surface area contributed by atoms with Gasteiger partial charge >= 0.3 is 6.03 Å². The van der Waals surface area contributed by atoms with Gasteiger partial charge in [-0.1, -0.05) is 51.1 Å². The van der Waals surface area contributed by atoms with Crippen molar-refractivity contribution in [3.8, 4) is 11.4 Å². The van der Waals surface area contributed by atoms with Gasteiger partial charge in [0.25, 0.3) is 5.91 Å². The number of ether oxygens (including phenoxy) is 1. The first-order valence-corrected chi connectivity index (χ1v) is 17.4. The monoisotopic (exact) mass is 713 g/mol. The molecule has 0 unspecified atom stereocenters. The number of fused-ring (bicyclic) bond motifs is 1. The molecule has 6 aromatic rings. The lowest BCUT2D eigenvalue weighted by Gasteiger charge is -2.15. The van der Waals surface area contributed by atoms with Crippen molar-refractivity contribution >= 4 is 45.9 Å². The van der Waals surface area contributed by atoms with E-state index in [0.29, 0.717) is 45.8 Å². The Labute approximate surface area is 306 Å². The third-order valence-corrected chi connectivity index (χ3v) is 8.99. The van der Waals surface area contributed by atoms with E-state index < -0.39 is 6.03 Å². The summed E-state index contributed by atoms with van der Waals surface area (Å²) in [7, 11) is 0. The molecule has 1 saturated heterocycles. The van der Waals surface area contributed by atoms with E-state index in [0.717, 1.165) is 48.0 Å². The molecule has 1 aliphatic rings. The highest BCUT2D eigenvalue weighted by molar-refractivity contribution is 6.07. The van der Waals surface area contributed by atoms with Crippen molar-refractivity contribution in [3.63, 3.8) is 0 Å². The minimum absolute atomic E-state index is 0.103. The number of pyridine rings is 1. The minimum Gasteiger partial charge on any atom is -0.488 e. The second-order valence-corrected chi connectivity index (χ2v) is 14.0. The molecule has 3 N–H and O–H groups in total. The number of halogens is 1. The molecular weight excluding hydrogens is 673 g/mol. The summed E-state index contributed by atoms with van der Waals surface area (Å²) in [4.78, 5) is 40.9. The van der Waals surface area contributed by atoms with E-state index in [1.165, 1.54) is 18.5 Å². The number of nitrogens with one attached hydrogen (secondary N) is 3. The highest BCUT2D eigenvalue weighted by atomic mass is 19.1. The number of hydrogen-bond acceptors (Lipinski definition) is 8. The molecule has 13 heteroatoms. The third kappa shape index (κ3) is 7.93. The van der Waals surface area contributed by atoms with E-state index in [1.54, 1.807) is 47.0 Å². The molecule has 0 bridgehead atoms. The molecule has 0 spiro atoms. The summed E-state index contributed by atoms with van der Waals surface area (Å²) >= 11 is 0. The quantitative estimate of drug-likeness (QED) is 0.136. The minimum atomic E-state index is -0.479. The Bertz CT molecular complexity index is 2290. The van der Waals surface area contributed by atoms with Gasteiger partial charge < -0.3 is 20.3 Å². The summed E-state index contributed by atoms with van der Waals surface area (Å²) in [5.74, 6) is 1.60. The number of benzene rings is 3. The van der Waals surface area contributed by atoms with Crippen LogP contribution in [0, 0.1) is 12.7 Å². The third-order valence-electron chi connectivity index (χ3n) is 8.99. The Hall–Kier alpha value is -6.37. The highest BCUT2D eigenvalue weighted by Gasteiger charge is 2.23. The van der Waals surface area contributed by atoms with Gasteiger partial charge in [-0.25, -0.2) is 28.8 Å². The van der Waals surface area contributed by atoms with Gasteiger partial charge in [-0.3, -0.25) is 10.1 Å². The first-order valence-electron chi connectivity index (χ1n) is 17.4. The fraction of sp³-hybridized carbons (Fsp3) is 0.250. The van der Waals surface area contributed by atoms with Crippen LogP contribution in [0.15, 0.2) is 91.4 Å². The van der Waals surface area contributed by atoms with Crippen LogP contribution < -0.4 is 20.7 Å². The van der Waals surface area contributed by atoms with Crippen molar-refractivity contribution in [2.75, 3.05) is 29.0 Å². The van der Waals surface area contributed by atoms with Gasteiger partial charge in [-0.05, 0) is 67.3 Å². The molecule has 1 fully saturated rings. The van der Waals surface area contributed by atoms with E-state index in [-0.39, 0.29) is 23.7 Å². The Morgan fingerprint density at radius 3 is 2.40 bits per heavy atom. The molecule has 1 aliphatic heterocycles. The molecule has 3 aromatic carbocycles. The maximum Gasteiger partial charge on any atom is 0.324 e. The van der Waals surface area contributed by atoms with Gasteiger partial charge in [0.2, 0.25) is 0 Å². The lowest BCUT2D eigenvalue weighted by Crippen LogP contribution is -2.28. The summed E-state index contributed by atoms with van der Waals surface area (Å²) in [5.41, 5.74) is 3.21. The number of rotatable bonds is 9. The Balaban J connectivity index is 1.03. The molecule has 3 aromatic heterocycles.